The Bertz CT molecular complexity index is 677. The Hall–Kier alpha value is -2.42. The summed E-state index contributed by atoms with van der Waals surface area (Å²) in [4.78, 5) is 24.2. The standard InChI is InChI=1S/C17H15NO2/c1-2-13-14-10-12(8-9-15(14)18-17(13)20)16(19)11-6-4-3-5-7-11/h3-10,13H,2H2,1H3,(H,18,20). The smallest absolute Gasteiger partial charge is 0.231 e. The molecule has 1 unspecified atom stereocenters. The van der Waals surface area contributed by atoms with Crippen molar-refractivity contribution in [1.82, 2.24) is 0 Å². The lowest BCUT2D eigenvalue weighted by Gasteiger charge is -2.07. The number of benzene rings is 2. The Labute approximate surface area is 117 Å². The van der Waals surface area contributed by atoms with Gasteiger partial charge in [-0.25, -0.2) is 0 Å². The van der Waals surface area contributed by atoms with Gasteiger partial charge in [-0.1, -0.05) is 37.3 Å². The number of hydrogen-bond donors (Lipinski definition) is 1. The summed E-state index contributed by atoms with van der Waals surface area (Å²) < 4.78 is 0. The molecule has 2 aromatic rings. The molecule has 3 heteroatoms. The molecule has 1 aliphatic rings. The molecule has 3 rings (SSSR count). The minimum atomic E-state index is -0.145. The van der Waals surface area contributed by atoms with Crippen LogP contribution in [0, 0.1) is 0 Å². The number of carbonyl (C=O) groups excluding carboxylic acids is 2. The van der Waals surface area contributed by atoms with Crippen LogP contribution in [0.25, 0.3) is 0 Å². The third kappa shape index (κ3) is 2.01. The zero-order chi connectivity index (χ0) is 14.1. The van der Waals surface area contributed by atoms with E-state index in [1.807, 2.05) is 37.3 Å². The van der Waals surface area contributed by atoms with E-state index >= 15 is 0 Å². The second-order valence-electron chi connectivity index (χ2n) is 4.95. The largest absolute Gasteiger partial charge is 0.325 e. The van der Waals surface area contributed by atoms with E-state index in [-0.39, 0.29) is 17.6 Å². The van der Waals surface area contributed by atoms with Crippen LogP contribution in [0.4, 0.5) is 5.69 Å². The minimum Gasteiger partial charge on any atom is -0.325 e. The maximum absolute atomic E-state index is 12.4. The Morgan fingerprint density at radius 3 is 2.55 bits per heavy atom. The van der Waals surface area contributed by atoms with Gasteiger partial charge < -0.3 is 5.32 Å². The summed E-state index contributed by atoms with van der Waals surface area (Å²) in [7, 11) is 0. The first kappa shape index (κ1) is 12.6. The molecule has 2 aromatic carbocycles. The van der Waals surface area contributed by atoms with Gasteiger partial charge in [-0.05, 0) is 30.2 Å². The third-order valence-electron chi connectivity index (χ3n) is 3.71. The Balaban J connectivity index is 2.00. The van der Waals surface area contributed by atoms with Crippen molar-refractivity contribution in [3.8, 4) is 0 Å². The Morgan fingerprint density at radius 1 is 1.10 bits per heavy atom. The molecule has 0 aliphatic carbocycles. The third-order valence-corrected chi connectivity index (χ3v) is 3.71. The molecule has 3 nitrogen and oxygen atoms in total. The first-order chi connectivity index (χ1) is 9.70. The molecular weight excluding hydrogens is 250 g/mol. The lowest BCUT2D eigenvalue weighted by Crippen LogP contribution is -2.10. The number of ketones is 1. The number of nitrogens with one attached hydrogen (secondary N) is 1. The van der Waals surface area contributed by atoms with Gasteiger partial charge in [0, 0.05) is 16.8 Å². The van der Waals surface area contributed by atoms with Crippen molar-refractivity contribution < 1.29 is 9.59 Å². The summed E-state index contributed by atoms with van der Waals surface area (Å²) in [6, 6.07) is 14.6. The molecule has 100 valence electrons. The van der Waals surface area contributed by atoms with E-state index in [1.165, 1.54) is 0 Å². The van der Waals surface area contributed by atoms with E-state index in [0.29, 0.717) is 11.1 Å². The Kier molecular flexibility index (Phi) is 3.11. The van der Waals surface area contributed by atoms with Crippen molar-refractivity contribution in [1.29, 1.82) is 0 Å². The highest BCUT2D eigenvalue weighted by Crippen LogP contribution is 2.35. The van der Waals surface area contributed by atoms with Gasteiger partial charge >= 0.3 is 0 Å². The predicted molar refractivity (Wildman–Crippen MR) is 78.0 cm³/mol. The van der Waals surface area contributed by atoms with Gasteiger partial charge in [0.1, 0.15) is 0 Å². The lowest BCUT2D eigenvalue weighted by atomic mass is 9.94. The number of anilines is 1. The molecule has 0 saturated heterocycles. The average molecular weight is 265 g/mol. The second-order valence-corrected chi connectivity index (χ2v) is 4.95. The fraction of sp³-hybridized carbons (Fsp3) is 0.176. The fourth-order valence-electron chi connectivity index (χ4n) is 2.63. The van der Waals surface area contributed by atoms with Crippen molar-refractivity contribution in [2.24, 2.45) is 0 Å². The van der Waals surface area contributed by atoms with Gasteiger partial charge in [0.05, 0.1) is 5.92 Å². The van der Waals surface area contributed by atoms with Crippen molar-refractivity contribution >= 4 is 17.4 Å². The molecule has 0 fully saturated rings. The molecule has 0 radical (unpaired) electrons. The van der Waals surface area contributed by atoms with E-state index in [4.69, 9.17) is 0 Å². The second kappa shape index (κ2) is 4.93. The van der Waals surface area contributed by atoms with Crippen molar-refractivity contribution in [2.45, 2.75) is 19.3 Å². The maximum atomic E-state index is 12.4. The highest BCUT2D eigenvalue weighted by Gasteiger charge is 2.29. The first-order valence-corrected chi connectivity index (χ1v) is 6.75. The van der Waals surface area contributed by atoms with Crippen molar-refractivity contribution in [3.05, 3.63) is 65.2 Å². The van der Waals surface area contributed by atoms with E-state index in [0.717, 1.165) is 17.7 Å². The molecule has 0 bridgehead atoms. The summed E-state index contributed by atoms with van der Waals surface area (Å²) in [5.41, 5.74) is 3.05. The predicted octanol–water partition coefficient (Wildman–Crippen LogP) is 3.36. The van der Waals surface area contributed by atoms with Crippen LogP contribution in [0.15, 0.2) is 48.5 Å². The summed E-state index contributed by atoms with van der Waals surface area (Å²) in [6.45, 7) is 1.98. The van der Waals surface area contributed by atoms with Crippen molar-refractivity contribution in [3.63, 3.8) is 0 Å². The van der Waals surface area contributed by atoms with Crippen LogP contribution in [0.3, 0.4) is 0 Å². The first-order valence-electron chi connectivity index (χ1n) is 6.75. The van der Waals surface area contributed by atoms with E-state index in [2.05, 4.69) is 5.32 Å². The zero-order valence-electron chi connectivity index (χ0n) is 11.2. The normalized spacial score (nSPS) is 16.6. The number of rotatable bonds is 3. The number of amides is 1. The monoisotopic (exact) mass is 265 g/mol. The van der Waals surface area contributed by atoms with Gasteiger partial charge in [-0.15, -0.1) is 0 Å². The number of carbonyl (C=O) groups is 2. The Morgan fingerprint density at radius 2 is 1.85 bits per heavy atom. The molecule has 0 aromatic heterocycles. The zero-order valence-corrected chi connectivity index (χ0v) is 11.2. The van der Waals surface area contributed by atoms with Gasteiger partial charge in [-0.3, -0.25) is 9.59 Å². The van der Waals surface area contributed by atoms with Gasteiger partial charge in [0.25, 0.3) is 0 Å². The summed E-state index contributed by atoms with van der Waals surface area (Å²) in [5.74, 6) is -0.136. The molecule has 0 spiro atoms. The van der Waals surface area contributed by atoms with E-state index in [1.54, 1.807) is 18.2 Å². The summed E-state index contributed by atoms with van der Waals surface area (Å²) in [6.07, 6.45) is 0.738. The van der Waals surface area contributed by atoms with Gasteiger partial charge in [0.15, 0.2) is 5.78 Å². The van der Waals surface area contributed by atoms with Gasteiger partial charge in [0.2, 0.25) is 5.91 Å². The van der Waals surface area contributed by atoms with Crippen LogP contribution < -0.4 is 5.32 Å². The van der Waals surface area contributed by atoms with Crippen LogP contribution in [-0.4, -0.2) is 11.7 Å². The molecule has 1 aliphatic heterocycles. The number of fused-ring (bicyclic) bond motifs is 1. The average Bonchev–Trinajstić information content (AvgIpc) is 2.81. The molecule has 1 N–H and O–H groups in total. The molecule has 1 amide bonds. The van der Waals surface area contributed by atoms with Crippen LogP contribution in [0.2, 0.25) is 0 Å². The topological polar surface area (TPSA) is 46.2 Å². The van der Waals surface area contributed by atoms with Crippen molar-refractivity contribution in [2.75, 3.05) is 5.32 Å². The SMILES string of the molecule is CCC1C(=O)Nc2ccc(C(=O)c3ccccc3)cc21. The number of hydrogen-bond acceptors (Lipinski definition) is 2. The quantitative estimate of drug-likeness (QED) is 0.865. The van der Waals surface area contributed by atoms with Gasteiger partial charge in [-0.2, -0.15) is 0 Å². The highest BCUT2D eigenvalue weighted by molar-refractivity contribution is 6.10. The summed E-state index contributed by atoms with van der Waals surface area (Å²) >= 11 is 0. The lowest BCUT2D eigenvalue weighted by molar-refractivity contribution is -0.117. The van der Waals surface area contributed by atoms with Crippen LogP contribution >= 0.6 is 0 Å². The van der Waals surface area contributed by atoms with E-state index in [9.17, 15) is 9.59 Å². The molecular formula is C17H15NO2. The summed E-state index contributed by atoms with van der Waals surface area (Å²) in [5, 5.41) is 2.85. The van der Waals surface area contributed by atoms with Crippen LogP contribution in [0.1, 0.15) is 40.7 Å². The fourth-order valence-corrected chi connectivity index (χ4v) is 2.63. The van der Waals surface area contributed by atoms with E-state index < -0.39 is 0 Å². The maximum Gasteiger partial charge on any atom is 0.231 e. The molecule has 0 saturated carbocycles. The van der Waals surface area contributed by atoms with Crippen LogP contribution in [0.5, 0.6) is 0 Å². The molecule has 1 atom stereocenters. The molecule has 20 heavy (non-hydrogen) atoms. The minimum absolute atomic E-state index is 0.0115. The molecule has 1 heterocycles. The van der Waals surface area contributed by atoms with Crippen LogP contribution in [-0.2, 0) is 4.79 Å². The highest BCUT2D eigenvalue weighted by atomic mass is 16.2.